The maximum Gasteiger partial charge on any atom is 0.0584 e. The first-order valence-corrected chi connectivity index (χ1v) is 5.66. The molecule has 0 saturated heterocycles. The van der Waals surface area contributed by atoms with E-state index >= 15 is 0 Å². The number of hydrogen-bond acceptors (Lipinski definition) is 1. The van der Waals surface area contributed by atoms with Crippen LogP contribution in [0.2, 0.25) is 0 Å². The molecule has 1 atom stereocenters. The van der Waals surface area contributed by atoms with Crippen molar-refractivity contribution in [1.82, 2.24) is 0 Å². The van der Waals surface area contributed by atoms with Crippen LogP contribution in [0, 0.1) is 17.8 Å². The Bertz CT molecular complexity index is 145. The summed E-state index contributed by atoms with van der Waals surface area (Å²) in [6.45, 7) is 11.3. The monoisotopic (exact) mass is 184 g/mol. The summed E-state index contributed by atoms with van der Waals surface area (Å²) in [5.74, 6) is 2.41. The van der Waals surface area contributed by atoms with E-state index in [2.05, 4.69) is 34.6 Å². The Morgan fingerprint density at radius 2 is 1.54 bits per heavy atom. The van der Waals surface area contributed by atoms with Crippen molar-refractivity contribution in [2.45, 2.75) is 59.7 Å². The summed E-state index contributed by atoms with van der Waals surface area (Å²) >= 11 is 0. The van der Waals surface area contributed by atoms with Crippen LogP contribution in [0.25, 0.3) is 0 Å². The highest BCUT2D eigenvalue weighted by atomic mass is 16.5. The Morgan fingerprint density at radius 1 is 1.00 bits per heavy atom. The smallest absolute Gasteiger partial charge is 0.0584 e. The normalized spacial score (nSPS) is 30.7. The first kappa shape index (κ1) is 11.0. The summed E-state index contributed by atoms with van der Waals surface area (Å²) in [7, 11) is 0. The maximum atomic E-state index is 5.93. The van der Waals surface area contributed by atoms with Gasteiger partial charge in [0.2, 0.25) is 0 Å². The van der Waals surface area contributed by atoms with Crippen LogP contribution in [0.4, 0.5) is 0 Å². The molecule has 1 rings (SSSR count). The molecule has 0 aliphatic heterocycles. The first-order chi connectivity index (χ1) is 6.00. The molecule has 0 aromatic carbocycles. The number of rotatable bonds is 4. The zero-order valence-corrected chi connectivity index (χ0v) is 9.71. The molecule has 13 heavy (non-hydrogen) atoms. The topological polar surface area (TPSA) is 9.23 Å². The quantitative estimate of drug-likeness (QED) is 0.650. The van der Waals surface area contributed by atoms with Crippen LogP contribution in [-0.2, 0) is 4.74 Å². The molecule has 0 radical (unpaired) electrons. The molecule has 1 aliphatic carbocycles. The lowest BCUT2D eigenvalue weighted by molar-refractivity contribution is -0.0922. The Balaban J connectivity index is 2.14. The molecular formula is C12H24O. The minimum atomic E-state index is 0.429. The van der Waals surface area contributed by atoms with Gasteiger partial charge < -0.3 is 4.74 Å². The first-order valence-electron chi connectivity index (χ1n) is 5.66. The van der Waals surface area contributed by atoms with E-state index in [1.807, 2.05) is 0 Å². The fourth-order valence-corrected chi connectivity index (χ4v) is 1.72. The molecule has 0 amide bonds. The molecule has 0 bridgehead atoms. The predicted molar refractivity (Wildman–Crippen MR) is 56.7 cm³/mol. The van der Waals surface area contributed by atoms with Crippen molar-refractivity contribution >= 4 is 0 Å². The lowest BCUT2D eigenvalue weighted by Crippen LogP contribution is -2.37. The van der Waals surface area contributed by atoms with Crippen molar-refractivity contribution in [1.29, 1.82) is 0 Å². The van der Waals surface area contributed by atoms with Crippen molar-refractivity contribution in [2.75, 3.05) is 0 Å². The molecule has 78 valence electrons. The molecule has 0 aromatic rings. The van der Waals surface area contributed by atoms with Crippen LogP contribution in [0.1, 0.15) is 47.5 Å². The minimum Gasteiger partial charge on any atom is -0.375 e. The van der Waals surface area contributed by atoms with Gasteiger partial charge in [-0.2, -0.15) is 0 Å². The lowest BCUT2D eigenvalue weighted by atomic mass is 9.75. The predicted octanol–water partition coefficient (Wildman–Crippen LogP) is 3.48. The average Bonchev–Trinajstić information content (AvgIpc) is 1.94. The lowest BCUT2D eigenvalue weighted by Gasteiger charge is -2.39. The third kappa shape index (κ3) is 2.98. The van der Waals surface area contributed by atoms with Crippen LogP contribution < -0.4 is 0 Å². The summed E-state index contributed by atoms with van der Waals surface area (Å²) in [4.78, 5) is 0. The molecule has 1 heteroatoms. The third-order valence-corrected chi connectivity index (χ3v) is 3.42. The fraction of sp³-hybridized carbons (Fsp3) is 1.00. The fourth-order valence-electron chi connectivity index (χ4n) is 1.72. The van der Waals surface area contributed by atoms with E-state index in [9.17, 15) is 0 Å². The van der Waals surface area contributed by atoms with E-state index in [4.69, 9.17) is 4.74 Å². The third-order valence-electron chi connectivity index (χ3n) is 3.42. The van der Waals surface area contributed by atoms with Crippen LogP contribution >= 0.6 is 0 Å². The van der Waals surface area contributed by atoms with Gasteiger partial charge in [0, 0.05) is 0 Å². The van der Waals surface area contributed by atoms with E-state index in [1.165, 1.54) is 12.8 Å². The average molecular weight is 184 g/mol. The molecule has 0 unspecified atom stereocenters. The largest absolute Gasteiger partial charge is 0.375 e. The Hall–Kier alpha value is -0.0400. The summed E-state index contributed by atoms with van der Waals surface area (Å²) in [5.41, 5.74) is 0. The van der Waals surface area contributed by atoms with E-state index < -0.39 is 0 Å². The molecule has 0 aromatic heterocycles. The molecule has 1 fully saturated rings. The second-order valence-corrected chi connectivity index (χ2v) is 5.18. The summed E-state index contributed by atoms with van der Waals surface area (Å²) < 4.78 is 5.93. The van der Waals surface area contributed by atoms with Crippen molar-refractivity contribution in [3.8, 4) is 0 Å². The Kier molecular flexibility index (Phi) is 3.78. The Labute approximate surface area is 82.9 Å². The van der Waals surface area contributed by atoms with Gasteiger partial charge in [0.1, 0.15) is 0 Å². The number of ether oxygens (including phenoxy) is 1. The van der Waals surface area contributed by atoms with Gasteiger partial charge in [-0.05, 0) is 37.5 Å². The van der Waals surface area contributed by atoms with Gasteiger partial charge in [-0.15, -0.1) is 0 Å². The van der Waals surface area contributed by atoms with Gasteiger partial charge in [-0.25, -0.2) is 0 Å². The molecule has 1 aliphatic rings. The van der Waals surface area contributed by atoms with Gasteiger partial charge >= 0.3 is 0 Å². The zero-order valence-electron chi connectivity index (χ0n) is 9.71. The van der Waals surface area contributed by atoms with Gasteiger partial charge in [-0.3, -0.25) is 0 Å². The van der Waals surface area contributed by atoms with E-state index in [1.54, 1.807) is 0 Å². The van der Waals surface area contributed by atoms with Crippen LogP contribution in [0.5, 0.6) is 0 Å². The molecule has 1 nitrogen and oxygen atoms in total. The summed E-state index contributed by atoms with van der Waals surface area (Å²) in [5, 5.41) is 0. The van der Waals surface area contributed by atoms with E-state index in [-0.39, 0.29) is 0 Å². The van der Waals surface area contributed by atoms with Crippen molar-refractivity contribution in [2.24, 2.45) is 17.8 Å². The second kappa shape index (κ2) is 4.45. The Morgan fingerprint density at radius 3 is 1.92 bits per heavy atom. The maximum absolute atomic E-state index is 5.93. The van der Waals surface area contributed by atoms with Crippen LogP contribution in [-0.4, -0.2) is 12.2 Å². The molecule has 1 saturated carbocycles. The van der Waals surface area contributed by atoms with Gasteiger partial charge in [0.25, 0.3) is 0 Å². The standard InChI is InChI=1S/C12H24O/c1-8(2)10(5)13-12-6-11(7-12)9(3)4/h8-12H,6-7H2,1-5H3/t10-,11?,12?/m0/s1. The minimum absolute atomic E-state index is 0.429. The highest BCUT2D eigenvalue weighted by Crippen LogP contribution is 2.36. The zero-order chi connectivity index (χ0) is 10.0. The van der Waals surface area contributed by atoms with Crippen molar-refractivity contribution < 1.29 is 4.74 Å². The summed E-state index contributed by atoms with van der Waals surface area (Å²) in [6.07, 6.45) is 3.56. The van der Waals surface area contributed by atoms with Crippen molar-refractivity contribution in [3.05, 3.63) is 0 Å². The highest BCUT2D eigenvalue weighted by molar-refractivity contribution is 4.83. The van der Waals surface area contributed by atoms with E-state index in [0.717, 1.165) is 11.8 Å². The SMILES string of the molecule is CC(C)C1CC(O[C@@H](C)C(C)C)C1. The second-order valence-electron chi connectivity index (χ2n) is 5.18. The van der Waals surface area contributed by atoms with Crippen LogP contribution in [0.3, 0.4) is 0 Å². The van der Waals surface area contributed by atoms with Crippen LogP contribution in [0.15, 0.2) is 0 Å². The van der Waals surface area contributed by atoms with Gasteiger partial charge in [0.15, 0.2) is 0 Å². The molecular weight excluding hydrogens is 160 g/mol. The van der Waals surface area contributed by atoms with E-state index in [0.29, 0.717) is 18.1 Å². The molecule has 0 heterocycles. The molecule has 0 spiro atoms. The number of hydrogen-bond donors (Lipinski definition) is 0. The summed E-state index contributed by atoms with van der Waals surface area (Å²) in [6, 6.07) is 0. The molecule has 0 N–H and O–H groups in total. The highest BCUT2D eigenvalue weighted by Gasteiger charge is 2.33. The van der Waals surface area contributed by atoms with Crippen molar-refractivity contribution in [3.63, 3.8) is 0 Å². The van der Waals surface area contributed by atoms with Gasteiger partial charge in [-0.1, -0.05) is 27.7 Å². The van der Waals surface area contributed by atoms with Gasteiger partial charge in [0.05, 0.1) is 12.2 Å².